The molecule has 0 radical (unpaired) electrons. The second-order valence-electron chi connectivity index (χ2n) is 5.67. The third-order valence-corrected chi connectivity index (χ3v) is 3.26. The maximum absolute atomic E-state index is 11.0. The minimum Gasteiger partial charge on any atom is -0.480 e. The molecule has 0 aliphatic heterocycles. The molecule has 5 N–H and O–H groups in total. The molecule has 28 heavy (non-hydrogen) atoms. The van der Waals surface area contributed by atoms with Crippen LogP contribution in [0.4, 0.5) is 0 Å². The minimum atomic E-state index is -1.24. The number of carboxylic acid groups (broad SMARTS) is 5. The van der Waals surface area contributed by atoms with Crippen LogP contribution in [0.3, 0.4) is 0 Å². The summed E-state index contributed by atoms with van der Waals surface area (Å²) in [6.07, 6.45) is 0. The van der Waals surface area contributed by atoms with Gasteiger partial charge in [-0.15, -0.1) is 0 Å². The Bertz CT molecular complexity index is 487. The number of hydrogen-bond donors (Lipinski definition) is 5. The smallest absolute Gasteiger partial charge is 0.480 e. The molecule has 0 heterocycles. The van der Waals surface area contributed by atoms with Crippen LogP contribution in [0, 0.1) is 0 Å². The molecule has 0 bridgehead atoms. The molecule has 13 nitrogen and oxygen atoms in total. The normalized spacial score (nSPS) is 10.7. The van der Waals surface area contributed by atoms with Crippen molar-refractivity contribution in [2.75, 3.05) is 58.9 Å². The standard InChI is InChI=1S/C14H23N3O10.Fe/c18-10(19)5-15(1-3-16(6-11(20)21)7-12(22)23)2-4-17(8-13(24)25)9-14(26)27;/h1-9H2,(H,18,19)(H,20,21)(H,22,23)(H,24,25)(H,26,27);/q;+2. The molecule has 0 saturated carbocycles. The van der Waals surface area contributed by atoms with Crippen molar-refractivity contribution in [3.8, 4) is 0 Å². The Morgan fingerprint density at radius 2 is 0.607 bits per heavy atom. The van der Waals surface area contributed by atoms with Gasteiger partial charge in [0.25, 0.3) is 0 Å². The fourth-order valence-electron chi connectivity index (χ4n) is 2.22. The van der Waals surface area contributed by atoms with E-state index in [1.165, 1.54) is 4.90 Å². The van der Waals surface area contributed by atoms with Gasteiger partial charge in [-0.05, 0) is 0 Å². The Balaban J connectivity index is 0. The third kappa shape index (κ3) is 16.0. The summed E-state index contributed by atoms with van der Waals surface area (Å²) in [4.78, 5) is 57.6. The van der Waals surface area contributed by atoms with Gasteiger partial charge in [-0.1, -0.05) is 0 Å². The quantitative estimate of drug-likeness (QED) is 0.153. The van der Waals surface area contributed by atoms with E-state index in [4.69, 9.17) is 25.5 Å². The molecule has 14 heteroatoms. The Morgan fingerprint density at radius 3 is 0.821 bits per heavy atom. The summed E-state index contributed by atoms with van der Waals surface area (Å²) in [6.45, 7) is -2.74. The molecule has 160 valence electrons. The fraction of sp³-hybridized carbons (Fsp3) is 0.643. The van der Waals surface area contributed by atoms with Gasteiger partial charge in [-0.2, -0.15) is 0 Å². The van der Waals surface area contributed by atoms with Crippen molar-refractivity contribution < 1.29 is 66.6 Å². The zero-order valence-corrected chi connectivity index (χ0v) is 15.9. The van der Waals surface area contributed by atoms with E-state index in [1.54, 1.807) is 0 Å². The zero-order chi connectivity index (χ0) is 21.0. The van der Waals surface area contributed by atoms with E-state index < -0.39 is 62.6 Å². The first-order chi connectivity index (χ1) is 12.5. The van der Waals surface area contributed by atoms with E-state index in [0.29, 0.717) is 0 Å². The van der Waals surface area contributed by atoms with Gasteiger partial charge in [0, 0.05) is 26.2 Å². The number of nitrogens with zero attached hydrogens (tertiary/aromatic N) is 3. The van der Waals surface area contributed by atoms with Crippen LogP contribution in [0.15, 0.2) is 0 Å². The summed E-state index contributed by atoms with van der Waals surface area (Å²) in [5, 5.41) is 44.1. The molecule has 0 atom stereocenters. The van der Waals surface area contributed by atoms with Crippen LogP contribution in [0.2, 0.25) is 0 Å². The van der Waals surface area contributed by atoms with Crippen molar-refractivity contribution in [1.29, 1.82) is 0 Å². The summed E-state index contributed by atoms with van der Waals surface area (Å²) >= 11 is 0. The van der Waals surface area contributed by atoms with Crippen LogP contribution in [0.25, 0.3) is 0 Å². The van der Waals surface area contributed by atoms with Gasteiger partial charge in [-0.3, -0.25) is 38.7 Å². The predicted octanol–water partition coefficient (Wildman–Crippen LogP) is -2.69. The predicted molar refractivity (Wildman–Crippen MR) is 87.5 cm³/mol. The van der Waals surface area contributed by atoms with Gasteiger partial charge in [-0.25, -0.2) is 0 Å². The number of carboxylic acids is 5. The first-order valence-electron chi connectivity index (χ1n) is 7.75. The second-order valence-corrected chi connectivity index (χ2v) is 5.67. The average molecular weight is 449 g/mol. The first kappa shape index (κ1) is 28.0. The van der Waals surface area contributed by atoms with Gasteiger partial charge >= 0.3 is 46.9 Å². The van der Waals surface area contributed by atoms with Crippen LogP contribution in [0.1, 0.15) is 0 Å². The van der Waals surface area contributed by atoms with Gasteiger partial charge in [0.05, 0.1) is 32.7 Å². The van der Waals surface area contributed by atoms with Gasteiger partial charge in [0.15, 0.2) is 0 Å². The molecule has 0 aliphatic carbocycles. The van der Waals surface area contributed by atoms with Crippen LogP contribution in [-0.4, -0.2) is 129 Å². The molecule has 0 rings (SSSR count). The fourth-order valence-corrected chi connectivity index (χ4v) is 2.22. The SMILES string of the molecule is O=C(O)CN(CCN(CC(=O)O)CC(=O)O)CCN(CC(=O)O)CC(=O)O.[Fe+2]. The molecule has 0 aromatic carbocycles. The molecule has 0 aromatic heterocycles. The minimum absolute atomic E-state index is 0. The van der Waals surface area contributed by atoms with Crippen LogP contribution in [0.5, 0.6) is 0 Å². The van der Waals surface area contributed by atoms with Crippen molar-refractivity contribution in [1.82, 2.24) is 14.7 Å². The Morgan fingerprint density at radius 1 is 0.429 bits per heavy atom. The monoisotopic (exact) mass is 449 g/mol. The van der Waals surface area contributed by atoms with Crippen molar-refractivity contribution in [3.05, 3.63) is 0 Å². The second kappa shape index (κ2) is 14.8. The van der Waals surface area contributed by atoms with E-state index in [2.05, 4.69) is 0 Å². The molecular formula is C14H23FeN3O10+2. The van der Waals surface area contributed by atoms with Crippen molar-refractivity contribution in [2.45, 2.75) is 0 Å². The third-order valence-electron chi connectivity index (χ3n) is 3.26. The maximum Gasteiger partial charge on any atom is 2.00 e. The Hall–Kier alpha value is -2.25. The number of rotatable bonds is 16. The average Bonchev–Trinajstić information content (AvgIpc) is 2.46. The van der Waals surface area contributed by atoms with Crippen molar-refractivity contribution in [2.24, 2.45) is 0 Å². The van der Waals surface area contributed by atoms with E-state index in [-0.39, 0.29) is 43.2 Å². The number of aliphatic carboxylic acids is 5. The number of carbonyl (C=O) groups is 5. The first-order valence-corrected chi connectivity index (χ1v) is 7.75. The van der Waals surface area contributed by atoms with E-state index in [9.17, 15) is 24.0 Å². The molecular weight excluding hydrogens is 426 g/mol. The van der Waals surface area contributed by atoms with Crippen LogP contribution in [-0.2, 0) is 41.0 Å². The van der Waals surface area contributed by atoms with E-state index in [0.717, 1.165) is 9.80 Å². The Kier molecular flexibility index (Phi) is 14.7. The summed E-state index contributed by atoms with van der Waals surface area (Å²) in [6, 6.07) is 0. The van der Waals surface area contributed by atoms with E-state index in [1.807, 2.05) is 0 Å². The molecule has 0 spiro atoms. The van der Waals surface area contributed by atoms with Crippen molar-refractivity contribution >= 4 is 29.8 Å². The molecule has 0 amide bonds. The molecule has 0 aliphatic rings. The topological polar surface area (TPSA) is 196 Å². The Labute approximate surface area is 170 Å². The van der Waals surface area contributed by atoms with Gasteiger partial charge in [0.1, 0.15) is 0 Å². The molecule has 0 fully saturated rings. The van der Waals surface area contributed by atoms with Crippen molar-refractivity contribution in [3.63, 3.8) is 0 Å². The van der Waals surface area contributed by atoms with Crippen LogP contribution >= 0.6 is 0 Å². The van der Waals surface area contributed by atoms with Gasteiger partial charge in [0.2, 0.25) is 0 Å². The molecule has 0 unspecified atom stereocenters. The number of hydrogen-bond acceptors (Lipinski definition) is 8. The summed E-state index contributed by atoms with van der Waals surface area (Å²) < 4.78 is 0. The largest absolute Gasteiger partial charge is 2.00 e. The summed E-state index contributed by atoms with van der Waals surface area (Å²) in [5.74, 6) is -6.16. The van der Waals surface area contributed by atoms with E-state index >= 15 is 0 Å². The molecule has 0 saturated heterocycles. The maximum atomic E-state index is 11.0. The van der Waals surface area contributed by atoms with Crippen LogP contribution < -0.4 is 0 Å². The summed E-state index contributed by atoms with van der Waals surface area (Å²) in [5.41, 5.74) is 0. The zero-order valence-electron chi connectivity index (χ0n) is 14.8. The molecule has 0 aromatic rings. The van der Waals surface area contributed by atoms with Gasteiger partial charge < -0.3 is 25.5 Å². The summed E-state index contributed by atoms with van der Waals surface area (Å²) in [7, 11) is 0.